The van der Waals surface area contributed by atoms with Crippen molar-refractivity contribution >= 4 is 0 Å². The third-order valence-corrected chi connectivity index (χ3v) is 5.66. The quantitative estimate of drug-likeness (QED) is 0.343. The molecule has 0 saturated heterocycles. The van der Waals surface area contributed by atoms with Gasteiger partial charge in [-0.1, -0.05) is 91.0 Å². The summed E-state index contributed by atoms with van der Waals surface area (Å²) in [6, 6.07) is 27.0. The third-order valence-electron chi connectivity index (χ3n) is 5.66. The SMILES string of the molecule is C/C=C/Cc1nc(Cc2ccccc2)nn1Cc1ccc(-c2ccccc2-c2nnn[nH]2)cc1. The van der Waals surface area contributed by atoms with Gasteiger partial charge < -0.3 is 0 Å². The van der Waals surface area contributed by atoms with Crippen LogP contribution >= 0.6 is 0 Å². The van der Waals surface area contributed by atoms with Gasteiger partial charge in [-0.25, -0.2) is 14.8 Å². The molecule has 5 aromatic rings. The number of tetrazole rings is 1. The second-order valence-electron chi connectivity index (χ2n) is 8.03. The molecule has 0 atom stereocenters. The van der Waals surface area contributed by atoms with Crippen molar-refractivity contribution in [3.8, 4) is 22.5 Å². The average Bonchev–Trinajstić information content (AvgIpc) is 3.54. The van der Waals surface area contributed by atoms with Crippen molar-refractivity contribution in [2.75, 3.05) is 0 Å². The van der Waals surface area contributed by atoms with Crippen LogP contribution in [0, 0.1) is 0 Å². The second kappa shape index (κ2) is 10.0. The van der Waals surface area contributed by atoms with Crippen molar-refractivity contribution in [1.82, 2.24) is 35.4 Å². The Balaban J connectivity index is 1.39. The summed E-state index contributed by atoms with van der Waals surface area (Å²) >= 11 is 0. The predicted octanol–water partition coefficient (Wildman–Crippen LogP) is 4.88. The fourth-order valence-corrected chi connectivity index (χ4v) is 3.96. The minimum Gasteiger partial charge on any atom is -0.245 e. The van der Waals surface area contributed by atoms with Crippen LogP contribution in [-0.2, 0) is 19.4 Å². The fraction of sp³-hybridized carbons (Fsp3) is 0.148. The fourth-order valence-electron chi connectivity index (χ4n) is 3.96. The molecule has 7 nitrogen and oxygen atoms in total. The number of allylic oxidation sites excluding steroid dienone is 2. The monoisotopic (exact) mass is 447 g/mol. The molecule has 168 valence electrons. The number of aromatic amines is 1. The van der Waals surface area contributed by atoms with Gasteiger partial charge in [0.25, 0.3) is 0 Å². The van der Waals surface area contributed by atoms with E-state index in [-0.39, 0.29) is 0 Å². The Kier molecular flexibility index (Phi) is 6.34. The molecule has 0 amide bonds. The Morgan fingerprint density at radius 3 is 2.35 bits per heavy atom. The van der Waals surface area contributed by atoms with Crippen LogP contribution in [0.2, 0.25) is 0 Å². The standard InChI is InChI=1S/C27H25N7/c1-2-3-13-26-28-25(18-20-9-5-4-6-10-20)31-34(26)19-21-14-16-22(17-15-21)23-11-7-8-12-24(23)27-29-32-33-30-27/h2-12,14-17H,13,18-19H2,1H3,(H,29,30,32,33)/b3-2+. The molecule has 3 aromatic carbocycles. The number of nitrogens with zero attached hydrogens (tertiary/aromatic N) is 6. The Labute approximate surface area is 198 Å². The molecule has 0 aliphatic heterocycles. The maximum Gasteiger partial charge on any atom is 0.180 e. The van der Waals surface area contributed by atoms with E-state index < -0.39 is 0 Å². The van der Waals surface area contributed by atoms with Crippen LogP contribution < -0.4 is 0 Å². The summed E-state index contributed by atoms with van der Waals surface area (Å²) in [7, 11) is 0. The van der Waals surface area contributed by atoms with Crippen molar-refractivity contribution in [3.05, 3.63) is 114 Å². The maximum atomic E-state index is 4.83. The van der Waals surface area contributed by atoms with E-state index >= 15 is 0 Å². The molecule has 0 fully saturated rings. The highest BCUT2D eigenvalue weighted by molar-refractivity contribution is 5.80. The summed E-state index contributed by atoms with van der Waals surface area (Å²) in [6.07, 6.45) is 5.65. The van der Waals surface area contributed by atoms with Crippen LogP contribution in [0.25, 0.3) is 22.5 Å². The summed E-state index contributed by atoms with van der Waals surface area (Å²) in [4.78, 5) is 4.82. The van der Waals surface area contributed by atoms with Crippen LogP contribution in [0.15, 0.2) is 91.0 Å². The first-order valence-corrected chi connectivity index (χ1v) is 11.3. The first-order chi connectivity index (χ1) is 16.8. The summed E-state index contributed by atoms with van der Waals surface area (Å²) in [5.74, 6) is 2.47. The van der Waals surface area contributed by atoms with Gasteiger partial charge in [-0.15, -0.1) is 5.10 Å². The molecular weight excluding hydrogens is 422 g/mol. The molecule has 5 rings (SSSR count). The molecule has 0 bridgehead atoms. The number of aromatic nitrogens is 7. The number of hydrogen-bond acceptors (Lipinski definition) is 5. The molecular formula is C27H25N7. The van der Waals surface area contributed by atoms with Gasteiger partial charge in [0.05, 0.1) is 6.54 Å². The zero-order chi connectivity index (χ0) is 23.2. The van der Waals surface area contributed by atoms with Gasteiger partial charge >= 0.3 is 0 Å². The van der Waals surface area contributed by atoms with Gasteiger partial charge in [0.1, 0.15) is 5.82 Å². The first kappa shape index (κ1) is 21.5. The lowest BCUT2D eigenvalue weighted by molar-refractivity contribution is 0.644. The van der Waals surface area contributed by atoms with E-state index in [1.165, 1.54) is 11.1 Å². The second-order valence-corrected chi connectivity index (χ2v) is 8.03. The highest BCUT2D eigenvalue weighted by Crippen LogP contribution is 2.29. The van der Waals surface area contributed by atoms with Crippen molar-refractivity contribution in [2.24, 2.45) is 0 Å². The van der Waals surface area contributed by atoms with Crippen molar-refractivity contribution in [3.63, 3.8) is 0 Å². The van der Waals surface area contributed by atoms with E-state index in [1.807, 2.05) is 54.1 Å². The molecule has 34 heavy (non-hydrogen) atoms. The predicted molar refractivity (Wildman–Crippen MR) is 132 cm³/mol. The Morgan fingerprint density at radius 2 is 1.62 bits per heavy atom. The van der Waals surface area contributed by atoms with Crippen LogP contribution in [-0.4, -0.2) is 35.4 Å². The van der Waals surface area contributed by atoms with Gasteiger partial charge in [0.15, 0.2) is 11.6 Å². The summed E-state index contributed by atoms with van der Waals surface area (Å²) in [6.45, 7) is 2.69. The smallest absolute Gasteiger partial charge is 0.180 e. The Morgan fingerprint density at radius 1 is 0.853 bits per heavy atom. The van der Waals surface area contributed by atoms with Crippen molar-refractivity contribution in [2.45, 2.75) is 26.3 Å². The lowest BCUT2D eigenvalue weighted by atomic mass is 9.98. The Bertz CT molecular complexity index is 1370. The van der Waals surface area contributed by atoms with E-state index in [2.05, 4.69) is 69.2 Å². The average molecular weight is 448 g/mol. The van der Waals surface area contributed by atoms with Crippen molar-refractivity contribution in [1.29, 1.82) is 0 Å². The number of nitrogens with one attached hydrogen (secondary N) is 1. The largest absolute Gasteiger partial charge is 0.245 e. The zero-order valence-electron chi connectivity index (χ0n) is 19.0. The highest BCUT2D eigenvalue weighted by atomic mass is 15.5. The summed E-state index contributed by atoms with van der Waals surface area (Å²) in [5, 5.41) is 19.2. The minimum absolute atomic E-state index is 0.654. The number of hydrogen-bond donors (Lipinski definition) is 1. The van der Waals surface area contributed by atoms with E-state index in [1.54, 1.807) is 0 Å². The molecule has 0 saturated carbocycles. The van der Waals surface area contributed by atoms with Gasteiger partial charge in [-0.3, -0.25) is 0 Å². The number of rotatable bonds is 8. The molecule has 0 aliphatic carbocycles. The van der Waals surface area contributed by atoms with Gasteiger partial charge in [0.2, 0.25) is 0 Å². The molecule has 0 spiro atoms. The van der Waals surface area contributed by atoms with E-state index in [4.69, 9.17) is 10.1 Å². The molecule has 0 aliphatic rings. The number of benzene rings is 3. The molecule has 0 unspecified atom stereocenters. The summed E-state index contributed by atoms with van der Waals surface area (Å²) in [5.41, 5.74) is 5.53. The number of H-pyrrole nitrogens is 1. The Hall–Kier alpha value is -4.39. The van der Waals surface area contributed by atoms with Crippen LogP contribution in [0.4, 0.5) is 0 Å². The van der Waals surface area contributed by atoms with Crippen molar-refractivity contribution < 1.29 is 0 Å². The molecule has 7 heteroatoms. The van der Waals surface area contributed by atoms with Crippen LogP contribution in [0.3, 0.4) is 0 Å². The third kappa shape index (κ3) is 4.83. The molecule has 2 aromatic heterocycles. The molecule has 2 heterocycles. The minimum atomic E-state index is 0.654. The van der Waals surface area contributed by atoms with Gasteiger partial charge in [0, 0.05) is 18.4 Å². The maximum absolute atomic E-state index is 4.83. The first-order valence-electron chi connectivity index (χ1n) is 11.3. The van der Waals surface area contributed by atoms with E-state index in [9.17, 15) is 0 Å². The molecule has 1 N–H and O–H groups in total. The van der Waals surface area contributed by atoms with Crippen LogP contribution in [0.5, 0.6) is 0 Å². The normalized spacial score (nSPS) is 11.3. The molecule has 0 radical (unpaired) electrons. The van der Waals surface area contributed by atoms with Crippen LogP contribution in [0.1, 0.15) is 29.7 Å². The summed E-state index contributed by atoms with van der Waals surface area (Å²) < 4.78 is 2.02. The topological polar surface area (TPSA) is 85.2 Å². The van der Waals surface area contributed by atoms with Gasteiger partial charge in [-0.2, -0.15) is 5.10 Å². The van der Waals surface area contributed by atoms with E-state index in [0.29, 0.717) is 12.4 Å². The lowest BCUT2D eigenvalue weighted by Gasteiger charge is -2.09. The highest BCUT2D eigenvalue weighted by Gasteiger charge is 2.12. The lowest BCUT2D eigenvalue weighted by Crippen LogP contribution is -2.06. The van der Waals surface area contributed by atoms with E-state index in [0.717, 1.165) is 41.2 Å². The van der Waals surface area contributed by atoms with Gasteiger partial charge in [-0.05, 0) is 39.6 Å². The zero-order valence-corrected chi connectivity index (χ0v) is 19.0.